The molecule has 10 nitrogen and oxygen atoms in total. The first-order valence-electron chi connectivity index (χ1n) is 10.7. The molecule has 1 amide bonds. The standard InChI is InChI=1S/C22H28N6O4S/c1-16-11-17(2)13-19(12-16)32-15-27-6-5-20(24-27)22(29)26-7-9-28(10-8-26)33(30,31)21-14-23-25(4)18(21)3/h5-6,11-14H,7-10,15H2,1-4H3. The molecule has 1 saturated heterocycles. The summed E-state index contributed by atoms with van der Waals surface area (Å²) in [6, 6.07) is 7.61. The second-order valence-corrected chi connectivity index (χ2v) is 10.2. The van der Waals surface area contributed by atoms with Crippen molar-refractivity contribution in [1.29, 1.82) is 0 Å². The molecule has 0 aliphatic carbocycles. The van der Waals surface area contributed by atoms with Crippen molar-refractivity contribution >= 4 is 15.9 Å². The average Bonchev–Trinajstić information content (AvgIpc) is 3.38. The molecule has 0 atom stereocenters. The predicted molar refractivity (Wildman–Crippen MR) is 121 cm³/mol. The van der Waals surface area contributed by atoms with Crippen molar-refractivity contribution in [2.75, 3.05) is 26.2 Å². The number of sulfonamides is 1. The smallest absolute Gasteiger partial charge is 0.274 e. The summed E-state index contributed by atoms with van der Waals surface area (Å²) in [5, 5.41) is 8.36. The number of aryl methyl sites for hydroxylation is 3. The van der Waals surface area contributed by atoms with Crippen LogP contribution < -0.4 is 4.74 Å². The maximum atomic E-state index is 12.9. The van der Waals surface area contributed by atoms with E-state index in [9.17, 15) is 13.2 Å². The van der Waals surface area contributed by atoms with Crippen LogP contribution in [0.25, 0.3) is 0 Å². The summed E-state index contributed by atoms with van der Waals surface area (Å²) in [5.41, 5.74) is 3.11. The Morgan fingerprint density at radius 1 is 1.06 bits per heavy atom. The molecule has 0 bridgehead atoms. The Kier molecular flexibility index (Phi) is 6.26. The molecular formula is C22H28N6O4S. The van der Waals surface area contributed by atoms with Gasteiger partial charge in [0.15, 0.2) is 12.4 Å². The minimum absolute atomic E-state index is 0.187. The fourth-order valence-electron chi connectivity index (χ4n) is 3.87. The van der Waals surface area contributed by atoms with E-state index < -0.39 is 10.0 Å². The largest absolute Gasteiger partial charge is 0.471 e. The molecule has 4 rings (SSSR count). The van der Waals surface area contributed by atoms with Gasteiger partial charge in [-0.1, -0.05) is 6.07 Å². The number of piperazine rings is 1. The minimum atomic E-state index is -3.65. The summed E-state index contributed by atoms with van der Waals surface area (Å²) in [5.74, 6) is 0.520. The molecule has 0 spiro atoms. The van der Waals surface area contributed by atoms with E-state index in [1.807, 2.05) is 26.0 Å². The Hall–Kier alpha value is -3.18. The lowest BCUT2D eigenvalue weighted by atomic mass is 10.1. The first-order valence-corrected chi connectivity index (χ1v) is 12.1. The number of amides is 1. The number of hydrogen-bond acceptors (Lipinski definition) is 6. The van der Waals surface area contributed by atoms with E-state index >= 15 is 0 Å². The van der Waals surface area contributed by atoms with Crippen molar-refractivity contribution in [3.63, 3.8) is 0 Å². The highest BCUT2D eigenvalue weighted by Crippen LogP contribution is 2.21. The molecular weight excluding hydrogens is 444 g/mol. The molecule has 0 unspecified atom stereocenters. The van der Waals surface area contributed by atoms with Crippen molar-refractivity contribution < 1.29 is 17.9 Å². The van der Waals surface area contributed by atoms with Gasteiger partial charge in [0.25, 0.3) is 5.91 Å². The van der Waals surface area contributed by atoms with Crippen LogP contribution in [0.2, 0.25) is 0 Å². The molecule has 2 aromatic heterocycles. The zero-order chi connectivity index (χ0) is 23.8. The van der Waals surface area contributed by atoms with Crippen LogP contribution in [-0.2, 0) is 23.8 Å². The quantitative estimate of drug-likeness (QED) is 0.541. The zero-order valence-corrected chi connectivity index (χ0v) is 20.0. The van der Waals surface area contributed by atoms with E-state index in [1.165, 1.54) is 15.2 Å². The van der Waals surface area contributed by atoms with Crippen LogP contribution in [0.1, 0.15) is 27.3 Å². The van der Waals surface area contributed by atoms with E-state index in [0.29, 0.717) is 24.5 Å². The third kappa shape index (κ3) is 4.79. The SMILES string of the molecule is Cc1cc(C)cc(OCn2ccc(C(=O)N3CCN(S(=O)(=O)c4cnn(C)c4C)CC3)n2)c1. The Balaban J connectivity index is 1.35. The van der Waals surface area contributed by atoms with Crippen molar-refractivity contribution in [1.82, 2.24) is 28.8 Å². The maximum Gasteiger partial charge on any atom is 0.274 e. The number of carbonyl (C=O) groups is 1. The fraction of sp³-hybridized carbons (Fsp3) is 0.409. The van der Waals surface area contributed by atoms with Crippen LogP contribution in [0.4, 0.5) is 0 Å². The molecule has 0 radical (unpaired) electrons. The van der Waals surface area contributed by atoms with Gasteiger partial charge in [-0.25, -0.2) is 13.1 Å². The predicted octanol–water partition coefficient (Wildman–Crippen LogP) is 1.73. The average molecular weight is 473 g/mol. The number of benzene rings is 1. The molecule has 1 aliphatic rings. The second kappa shape index (κ2) is 8.99. The normalized spacial score (nSPS) is 15.1. The third-order valence-corrected chi connectivity index (χ3v) is 7.75. The molecule has 11 heteroatoms. The number of aromatic nitrogens is 4. The van der Waals surface area contributed by atoms with Gasteiger partial charge in [0.05, 0.1) is 11.9 Å². The summed E-state index contributed by atoms with van der Waals surface area (Å²) in [4.78, 5) is 14.7. The zero-order valence-electron chi connectivity index (χ0n) is 19.2. The highest BCUT2D eigenvalue weighted by Gasteiger charge is 2.33. The molecule has 176 valence electrons. The number of hydrogen-bond donors (Lipinski definition) is 0. The van der Waals surface area contributed by atoms with Crippen molar-refractivity contribution in [3.8, 4) is 5.75 Å². The van der Waals surface area contributed by atoms with Gasteiger partial charge in [0.2, 0.25) is 10.0 Å². The van der Waals surface area contributed by atoms with Gasteiger partial charge in [0.1, 0.15) is 10.6 Å². The van der Waals surface area contributed by atoms with Gasteiger partial charge < -0.3 is 9.64 Å². The highest BCUT2D eigenvalue weighted by molar-refractivity contribution is 7.89. The summed E-state index contributed by atoms with van der Waals surface area (Å²) in [7, 11) is -1.94. The van der Waals surface area contributed by atoms with Crippen LogP contribution in [0, 0.1) is 20.8 Å². The van der Waals surface area contributed by atoms with E-state index in [1.54, 1.807) is 35.8 Å². The molecule has 0 N–H and O–H groups in total. The maximum absolute atomic E-state index is 12.9. The van der Waals surface area contributed by atoms with Crippen molar-refractivity contribution in [3.05, 3.63) is 59.2 Å². The monoisotopic (exact) mass is 472 g/mol. The van der Waals surface area contributed by atoms with Crippen LogP contribution in [0.5, 0.6) is 5.75 Å². The lowest BCUT2D eigenvalue weighted by Gasteiger charge is -2.33. The Labute approximate surface area is 193 Å². The molecule has 1 fully saturated rings. The first-order chi connectivity index (χ1) is 15.6. The molecule has 0 saturated carbocycles. The van der Waals surface area contributed by atoms with Gasteiger partial charge in [-0.05, 0) is 50.1 Å². The van der Waals surface area contributed by atoms with E-state index in [0.717, 1.165) is 16.9 Å². The Bertz CT molecular complexity index is 1250. The van der Waals surface area contributed by atoms with Gasteiger partial charge in [-0.3, -0.25) is 9.48 Å². The lowest BCUT2D eigenvalue weighted by molar-refractivity contribution is 0.0690. The summed E-state index contributed by atoms with van der Waals surface area (Å²) < 4.78 is 36.2. The molecule has 3 aromatic rings. The van der Waals surface area contributed by atoms with Crippen molar-refractivity contribution in [2.24, 2.45) is 7.05 Å². The number of nitrogens with zero attached hydrogens (tertiary/aromatic N) is 6. The summed E-state index contributed by atoms with van der Waals surface area (Å²) in [6.45, 7) is 6.96. The summed E-state index contributed by atoms with van der Waals surface area (Å²) in [6.07, 6.45) is 3.07. The van der Waals surface area contributed by atoms with Crippen LogP contribution in [0.3, 0.4) is 0 Å². The first kappa shape index (κ1) is 23.0. The number of rotatable bonds is 6. The number of ether oxygens (including phenoxy) is 1. The van der Waals surface area contributed by atoms with Crippen molar-refractivity contribution in [2.45, 2.75) is 32.4 Å². The molecule has 3 heterocycles. The third-order valence-electron chi connectivity index (χ3n) is 5.75. The highest BCUT2D eigenvalue weighted by atomic mass is 32.2. The van der Waals surface area contributed by atoms with Crippen LogP contribution in [-0.4, -0.2) is 69.3 Å². The van der Waals surface area contributed by atoms with E-state index in [4.69, 9.17) is 4.74 Å². The second-order valence-electron chi connectivity index (χ2n) is 8.25. The molecule has 1 aromatic carbocycles. The van der Waals surface area contributed by atoms with Gasteiger partial charge in [0, 0.05) is 39.4 Å². The fourth-order valence-corrected chi connectivity index (χ4v) is 5.48. The topological polar surface area (TPSA) is 103 Å². The van der Waals surface area contributed by atoms with Gasteiger partial charge >= 0.3 is 0 Å². The minimum Gasteiger partial charge on any atom is -0.471 e. The molecule has 1 aliphatic heterocycles. The van der Waals surface area contributed by atoms with E-state index in [-0.39, 0.29) is 30.6 Å². The van der Waals surface area contributed by atoms with Crippen LogP contribution in [0.15, 0.2) is 41.6 Å². The Morgan fingerprint density at radius 3 is 2.33 bits per heavy atom. The van der Waals surface area contributed by atoms with Gasteiger partial charge in [-0.2, -0.15) is 14.5 Å². The van der Waals surface area contributed by atoms with Gasteiger partial charge in [-0.15, -0.1) is 0 Å². The van der Waals surface area contributed by atoms with E-state index in [2.05, 4.69) is 16.3 Å². The Morgan fingerprint density at radius 2 is 1.73 bits per heavy atom. The lowest BCUT2D eigenvalue weighted by Crippen LogP contribution is -2.50. The number of carbonyl (C=O) groups excluding carboxylic acids is 1. The summed E-state index contributed by atoms with van der Waals surface area (Å²) >= 11 is 0. The molecule has 33 heavy (non-hydrogen) atoms. The van der Waals surface area contributed by atoms with Crippen LogP contribution >= 0.6 is 0 Å².